The van der Waals surface area contributed by atoms with Crippen molar-refractivity contribution >= 4 is 38.4 Å². The van der Waals surface area contributed by atoms with Crippen molar-refractivity contribution in [3.8, 4) is 11.4 Å². The first-order chi connectivity index (χ1) is 20.1. The smallest absolute Gasteiger partial charge is 0.410 e. The van der Waals surface area contributed by atoms with Crippen LogP contribution in [0.4, 0.5) is 9.18 Å². The van der Waals surface area contributed by atoms with Gasteiger partial charge in [0.05, 0.1) is 15.8 Å². The number of carbonyl (C=O) groups excluding carboxylic acids is 2. The van der Waals surface area contributed by atoms with Gasteiger partial charge in [-0.05, 0) is 102 Å². The summed E-state index contributed by atoms with van der Waals surface area (Å²) in [5, 5.41) is 4.60. The Morgan fingerprint density at radius 3 is 2.52 bits per heavy atom. The van der Waals surface area contributed by atoms with Crippen molar-refractivity contribution in [3.63, 3.8) is 0 Å². The molecule has 0 aliphatic heterocycles. The van der Waals surface area contributed by atoms with Gasteiger partial charge in [-0.15, -0.1) is 5.10 Å². The minimum absolute atomic E-state index is 0.130. The summed E-state index contributed by atoms with van der Waals surface area (Å²) in [6.07, 6.45) is 3.89. The molecule has 1 amide bonds. The molecule has 10 heteroatoms. The zero-order valence-corrected chi connectivity index (χ0v) is 26.0. The van der Waals surface area contributed by atoms with Crippen LogP contribution < -0.4 is 0 Å². The van der Waals surface area contributed by atoms with E-state index in [1.165, 1.54) is 17.4 Å². The number of ketones is 1. The van der Waals surface area contributed by atoms with Crippen molar-refractivity contribution in [1.29, 1.82) is 0 Å². The number of amides is 1. The molecule has 0 spiro atoms. The second kappa shape index (κ2) is 12.5. The third kappa shape index (κ3) is 6.98. The average Bonchev–Trinajstić information content (AvgIpc) is 3.61. The van der Waals surface area contributed by atoms with Gasteiger partial charge in [-0.3, -0.25) is 4.79 Å². The number of hydrogen-bond donors (Lipinski definition) is 0. The highest BCUT2D eigenvalue weighted by Gasteiger charge is 2.35. The first kappa shape index (κ1) is 30.1. The van der Waals surface area contributed by atoms with Crippen LogP contribution in [0.2, 0.25) is 0 Å². The number of hydrogen-bond acceptors (Lipinski definition) is 7. The number of fused-ring (bicyclic) bond motifs is 3. The van der Waals surface area contributed by atoms with Crippen LogP contribution in [0.1, 0.15) is 82.6 Å². The number of aromatic nitrogens is 3. The highest BCUT2D eigenvalue weighted by molar-refractivity contribution is 7.23. The predicted molar refractivity (Wildman–Crippen MR) is 165 cm³/mol. The van der Waals surface area contributed by atoms with Crippen LogP contribution in [0.15, 0.2) is 36.4 Å². The molecule has 1 aliphatic rings. The Kier molecular flexibility index (Phi) is 8.94. The lowest BCUT2D eigenvalue weighted by molar-refractivity contribution is 0.0216. The van der Waals surface area contributed by atoms with Gasteiger partial charge in [0.25, 0.3) is 0 Å². The molecule has 0 saturated heterocycles. The maximum Gasteiger partial charge on any atom is 0.410 e. The van der Waals surface area contributed by atoms with E-state index in [1.54, 1.807) is 15.5 Å². The van der Waals surface area contributed by atoms with Crippen LogP contribution in [0, 0.1) is 5.82 Å². The van der Waals surface area contributed by atoms with Crippen LogP contribution in [-0.2, 0) is 11.3 Å². The minimum Gasteiger partial charge on any atom is -0.444 e. The highest BCUT2D eigenvalue weighted by Crippen LogP contribution is 2.32. The lowest BCUT2D eigenvalue weighted by Crippen LogP contribution is -2.37. The van der Waals surface area contributed by atoms with Crippen molar-refractivity contribution in [2.24, 2.45) is 0 Å². The molecule has 42 heavy (non-hydrogen) atoms. The Bertz CT molecular complexity index is 1580. The minimum atomic E-state index is -0.592. The molecule has 0 bridgehead atoms. The predicted octanol–water partition coefficient (Wildman–Crippen LogP) is 7.34. The maximum atomic E-state index is 15.3. The van der Waals surface area contributed by atoms with E-state index in [0.717, 1.165) is 55.5 Å². The van der Waals surface area contributed by atoms with Crippen molar-refractivity contribution in [3.05, 3.63) is 53.3 Å². The Morgan fingerprint density at radius 1 is 1.10 bits per heavy atom. The molecule has 5 rings (SSSR count). The van der Waals surface area contributed by atoms with Gasteiger partial charge in [-0.2, -0.15) is 4.98 Å². The lowest BCUT2D eigenvalue weighted by Gasteiger charge is -2.27. The van der Waals surface area contributed by atoms with Gasteiger partial charge in [-0.1, -0.05) is 31.3 Å². The molecular weight excluding hydrogens is 553 g/mol. The SMILES string of the molecule is CCN(CC)CCCCC(=O)c1ccc2c(c1)sc1nc(-c3ccc(CN(C(=O)OC(C)(C)C)C4CC4)cc3F)nn12. The zero-order chi connectivity index (χ0) is 30.0. The number of Topliss-reactive ketones (excluding diaryl/α,β-unsaturated/α-hetero) is 1. The van der Waals surface area contributed by atoms with Gasteiger partial charge in [0.1, 0.15) is 11.4 Å². The first-order valence-electron chi connectivity index (χ1n) is 14.9. The Morgan fingerprint density at radius 2 is 1.86 bits per heavy atom. The van der Waals surface area contributed by atoms with Crippen LogP contribution in [-0.4, -0.2) is 67.6 Å². The zero-order valence-electron chi connectivity index (χ0n) is 25.2. The molecule has 1 fully saturated rings. The standard InChI is InChI=1S/C32H40FN5O3S/c1-6-36(7-2)17-9-8-10-27(39)22-12-16-26-28(19-22)42-30-34-29(35-38(26)30)24-15-11-21(18-25(24)33)20-37(23-13-14-23)31(40)41-32(3,4)5/h11-12,15-16,18-19,23H,6-10,13-14,17,20H2,1-5H3. The van der Waals surface area contributed by atoms with E-state index >= 15 is 4.39 Å². The number of carbonyl (C=O) groups is 2. The van der Waals surface area contributed by atoms with Crippen molar-refractivity contribution in [2.45, 2.75) is 84.9 Å². The molecule has 8 nitrogen and oxygen atoms in total. The van der Waals surface area contributed by atoms with Gasteiger partial charge in [0.15, 0.2) is 11.6 Å². The van der Waals surface area contributed by atoms with E-state index in [4.69, 9.17) is 4.74 Å². The van der Waals surface area contributed by atoms with Crippen LogP contribution in [0.5, 0.6) is 0 Å². The molecule has 0 atom stereocenters. The molecule has 1 saturated carbocycles. The second-order valence-electron chi connectivity index (χ2n) is 12.0. The van der Waals surface area contributed by atoms with E-state index in [1.807, 2.05) is 45.0 Å². The summed E-state index contributed by atoms with van der Waals surface area (Å²) in [6, 6.07) is 10.7. The number of thiazole rings is 1. The summed E-state index contributed by atoms with van der Waals surface area (Å²) in [5.41, 5.74) is 1.93. The van der Waals surface area contributed by atoms with Crippen LogP contribution in [0.3, 0.4) is 0 Å². The van der Waals surface area contributed by atoms with E-state index < -0.39 is 11.4 Å². The molecule has 4 aromatic rings. The Hall–Kier alpha value is -3.37. The van der Waals surface area contributed by atoms with Gasteiger partial charge >= 0.3 is 6.09 Å². The highest BCUT2D eigenvalue weighted by atomic mass is 32.1. The molecule has 2 aromatic carbocycles. The number of nitrogens with zero attached hydrogens (tertiary/aromatic N) is 5. The van der Waals surface area contributed by atoms with Crippen molar-refractivity contribution in [1.82, 2.24) is 24.4 Å². The third-order valence-electron chi connectivity index (χ3n) is 7.55. The number of unbranched alkanes of at least 4 members (excludes halogenated alkanes) is 1. The maximum absolute atomic E-state index is 15.3. The fourth-order valence-electron chi connectivity index (χ4n) is 5.07. The fourth-order valence-corrected chi connectivity index (χ4v) is 6.07. The first-order valence-corrected chi connectivity index (χ1v) is 15.7. The number of benzene rings is 2. The summed E-state index contributed by atoms with van der Waals surface area (Å²) < 4.78 is 23.5. The van der Waals surface area contributed by atoms with E-state index in [2.05, 4.69) is 28.8 Å². The molecule has 0 N–H and O–H groups in total. The van der Waals surface area contributed by atoms with Gasteiger partial charge < -0.3 is 14.5 Å². The third-order valence-corrected chi connectivity index (χ3v) is 8.55. The van der Waals surface area contributed by atoms with Gasteiger partial charge in [0, 0.05) is 24.6 Å². The van der Waals surface area contributed by atoms with Gasteiger partial charge in [-0.25, -0.2) is 13.7 Å². The normalized spacial score (nSPS) is 13.8. The van der Waals surface area contributed by atoms with E-state index in [-0.39, 0.29) is 24.5 Å². The summed E-state index contributed by atoms with van der Waals surface area (Å²) in [6.45, 7) is 13.2. The molecule has 2 aromatic heterocycles. The fraction of sp³-hybridized carbons (Fsp3) is 0.500. The summed E-state index contributed by atoms with van der Waals surface area (Å²) >= 11 is 1.43. The van der Waals surface area contributed by atoms with Gasteiger partial charge in [0.2, 0.25) is 4.96 Å². The topological polar surface area (TPSA) is 80.0 Å². The second-order valence-corrected chi connectivity index (χ2v) is 13.0. The molecule has 0 unspecified atom stereocenters. The summed E-state index contributed by atoms with van der Waals surface area (Å²) in [7, 11) is 0. The largest absolute Gasteiger partial charge is 0.444 e. The number of rotatable bonds is 12. The van der Waals surface area contributed by atoms with E-state index in [0.29, 0.717) is 33.9 Å². The molecular formula is C32H40FN5O3S. The van der Waals surface area contributed by atoms with Crippen molar-refractivity contribution in [2.75, 3.05) is 19.6 Å². The molecule has 0 radical (unpaired) electrons. The quantitative estimate of drug-likeness (QED) is 0.126. The number of halogens is 1. The van der Waals surface area contributed by atoms with Crippen LogP contribution in [0.25, 0.3) is 26.6 Å². The number of ether oxygens (including phenoxy) is 1. The molecule has 224 valence electrons. The van der Waals surface area contributed by atoms with Crippen molar-refractivity contribution < 1.29 is 18.7 Å². The summed E-state index contributed by atoms with van der Waals surface area (Å²) in [4.78, 5) is 34.8. The summed E-state index contributed by atoms with van der Waals surface area (Å²) in [5.74, 6) is 0.000772. The lowest BCUT2D eigenvalue weighted by atomic mass is 10.1. The molecule has 1 aliphatic carbocycles. The Balaban J connectivity index is 1.28. The van der Waals surface area contributed by atoms with Crippen LogP contribution >= 0.6 is 11.3 Å². The monoisotopic (exact) mass is 593 g/mol. The Labute approximate surface area is 250 Å². The van der Waals surface area contributed by atoms with E-state index in [9.17, 15) is 9.59 Å². The average molecular weight is 594 g/mol. The molecule has 2 heterocycles.